The lowest BCUT2D eigenvalue weighted by Crippen LogP contribution is -2.58. The first kappa shape index (κ1) is 16.6. The van der Waals surface area contributed by atoms with Crippen LogP contribution in [-0.2, 0) is 18.4 Å². The second-order valence-corrected chi connectivity index (χ2v) is 14.5. The Labute approximate surface area is 135 Å². The minimum Gasteiger partial charge on any atom is -0.385 e. The average molecular weight is 327 g/mol. The lowest BCUT2D eigenvalue weighted by atomic mass is 9.93. The van der Waals surface area contributed by atoms with Crippen LogP contribution in [0.3, 0.4) is 0 Å². The molecule has 0 aromatic heterocycles. The molecule has 0 radical (unpaired) electrons. The van der Waals surface area contributed by atoms with Crippen molar-refractivity contribution in [2.24, 2.45) is 0 Å². The second-order valence-electron chi connectivity index (χ2n) is 9.81. The Hall–Kier alpha value is -0.233. The van der Waals surface area contributed by atoms with Crippen LogP contribution in [0.1, 0.15) is 68.2 Å². The number of rotatable bonds is 0. The summed E-state index contributed by atoms with van der Waals surface area (Å²) in [5.41, 5.74) is -1.08. The summed E-state index contributed by atoms with van der Waals surface area (Å²) in [4.78, 5) is 12.1. The maximum absolute atomic E-state index is 12.1. The number of hydrogen-bond donors (Lipinski definition) is 0. The molecule has 3 aliphatic heterocycles. The van der Waals surface area contributed by atoms with Crippen LogP contribution >= 0.6 is 0 Å². The third-order valence-corrected chi connectivity index (χ3v) is 10.7. The molecule has 3 rings (SSSR count). The van der Waals surface area contributed by atoms with Crippen molar-refractivity contribution < 1.29 is 18.4 Å². The fourth-order valence-electron chi connectivity index (χ4n) is 5.00. The molecule has 0 saturated carbocycles. The molecule has 0 amide bonds. The molecular weight excluding hydrogens is 296 g/mol. The van der Waals surface area contributed by atoms with Gasteiger partial charge in [0.05, 0.1) is 0 Å². The maximum Gasteiger partial charge on any atom is 0.350 e. The van der Waals surface area contributed by atoms with E-state index in [4.69, 9.17) is 13.6 Å². The van der Waals surface area contributed by atoms with E-state index < -0.39 is 19.8 Å². The summed E-state index contributed by atoms with van der Waals surface area (Å²) in [5, 5.41) is -0.0821. The Kier molecular flexibility index (Phi) is 3.20. The zero-order valence-electron chi connectivity index (χ0n) is 15.2. The first-order chi connectivity index (χ1) is 9.74. The summed E-state index contributed by atoms with van der Waals surface area (Å²) in [6.07, 6.45) is 0.612. The summed E-state index contributed by atoms with van der Waals surface area (Å²) < 4.78 is 19.8. The predicted molar refractivity (Wildman–Crippen MR) is 87.1 cm³/mol. The molecule has 3 heterocycles. The van der Waals surface area contributed by atoms with Gasteiger partial charge in [-0.2, -0.15) is 0 Å². The van der Waals surface area contributed by atoms with Crippen LogP contribution in [-0.4, -0.2) is 37.8 Å². The second kappa shape index (κ2) is 4.24. The van der Waals surface area contributed by atoms with Crippen molar-refractivity contribution in [1.29, 1.82) is 0 Å². The van der Waals surface area contributed by atoms with Crippen LogP contribution < -0.4 is 0 Å². The Morgan fingerprint density at radius 1 is 0.909 bits per heavy atom. The smallest absolute Gasteiger partial charge is 0.350 e. The first-order valence-electron chi connectivity index (χ1n) is 8.32. The standard InChI is InChI=1S/C17H30O4Si/c1-14(2,3)22(15(4,5)6)19-12-13(20-22)17(8)10-11(18)9-16(12,7)21-17/h12-13H,9-10H2,1-8H3. The minimum absolute atomic E-state index is 0.0411. The molecule has 0 aliphatic carbocycles. The molecule has 4 unspecified atom stereocenters. The van der Waals surface area contributed by atoms with Crippen molar-refractivity contribution in [3.05, 3.63) is 0 Å². The predicted octanol–water partition coefficient (Wildman–Crippen LogP) is 3.72. The molecule has 4 atom stereocenters. The molecule has 4 nitrogen and oxygen atoms in total. The number of fused-ring (bicyclic) bond motifs is 5. The quantitative estimate of drug-likeness (QED) is 0.636. The van der Waals surface area contributed by atoms with Gasteiger partial charge in [0.1, 0.15) is 29.2 Å². The van der Waals surface area contributed by atoms with Crippen molar-refractivity contribution in [2.75, 3.05) is 0 Å². The van der Waals surface area contributed by atoms with Crippen molar-refractivity contribution >= 4 is 14.3 Å². The molecule has 0 aromatic rings. The number of ketones is 1. The van der Waals surface area contributed by atoms with Crippen LogP contribution in [0.15, 0.2) is 0 Å². The van der Waals surface area contributed by atoms with Crippen molar-refractivity contribution in [3.8, 4) is 0 Å². The van der Waals surface area contributed by atoms with Gasteiger partial charge < -0.3 is 13.6 Å². The molecule has 2 bridgehead atoms. The fraction of sp³-hybridized carbons (Fsp3) is 0.941. The van der Waals surface area contributed by atoms with Gasteiger partial charge in [0.25, 0.3) is 0 Å². The lowest BCUT2D eigenvalue weighted by Gasteiger charge is -2.48. The molecule has 0 N–H and O–H groups in total. The molecule has 3 aliphatic rings. The molecular formula is C17H30O4Si. The summed E-state index contributed by atoms with van der Waals surface area (Å²) in [6.45, 7) is 17.4. The van der Waals surface area contributed by atoms with Crippen LogP contribution in [0.5, 0.6) is 0 Å². The Bertz CT molecular complexity index is 474. The monoisotopic (exact) mass is 326 g/mol. The summed E-state index contributed by atoms with van der Waals surface area (Å²) in [6, 6.07) is 0. The highest BCUT2D eigenvalue weighted by molar-refractivity contribution is 6.74. The van der Waals surface area contributed by atoms with E-state index in [-0.39, 0.29) is 28.1 Å². The largest absolute Gasteiger partial charge is 0.385 e. The fourth-order valence-corrected chi connectivity index (χ4v) is 10.2. The molecule has 0 aromatic carbocycles. The Morgan fingerprint density at radius 3 is 1.59 bits per heavy atom. The first-order valence-corrected chi connectivity index (χ1v) is 10.1. The zero-order valence-corrected chi connectivity index (χ0v) is 16.2. The van der Waals surface area contributed by atoms with Crippen LogP contribution in [0.25, 0.3) is 0 Å². The van der Waals surface area contributed by atoms with Gasteiger partial charge in [0.15, 0.2) is 0 Å². The summed E-state index contributed by atoms with van der Waals surface area (Å²) >= 11 is 0. The third kappa shape index (κ3) is 1.95. The van der Waals surface area contributed by atoms with Crippen molar-refractivity contribution in [2.45, 2.75) is 102 Å². The highest BCUT2D eigenvalue weighted by Crippen LogP contribution is 2.62. The zero-order chi connectivity index (χ0) is 16.8. The molecule has 3 fully saturated rings. The minimum atomic E-state index is -2.50. The van der Waals surface area contributed by atoms with Gasteiger partial charge in [-0.15, -0.1) is 0 Å². The lowest BCUT2D eigenvalue weighted by molar-refractivity contribution is -0.168. The van der Waals surface area contributed by atoms with Crippen LogP contribution in [0, 0.1) is 0 Å². The SMILES string of the molecule is CC12CC(=O)CC(C)(O1)C1O[Si](C(C)(C)C)(C(C)(C)C)OC12. The van der Waals surface area contributed by atoms with E-state index in [0.717, 1.165) is 0 Å². The van der Waals surface area contributed by atoms with E-state index in [1.54, 1.807) is 0 Å². The molecule has 3 saturated heterocycles. The highest BCUT2D eigenvalue weighted by atomic mass is 28.4. The summed E-state index contributed by atoms with van der Waals surface area (Å²) in [5.74, 6) is 0.261. The van der Waals surface area contributed by atoms with Gasteiger partial charge in [0.2, 0.25) is 0 Å². The number of carbonyl (C=O) groups excluding carboxylic acids is 1. The Balaban J connectivity index is 2.07. The normalized spacial score (nSPS) is 44.3. The number of ether oxygens (including phenoxy) is 1. The third-order valence-electron chi connectivity index (χ3n) is 5.60. The van der Waals surface area contributed by atoms with Gasteiger partial charge in [0, 0.05) is 22.9 Å². The number of hydrogen-bond acceptors (Lipinski definition) is 4. The van der Waals surface area contributed by atoms with Crippen molar-refractivity contribution in [3.63, 3.8) is 0 Å². The maximum atomic E-state index is 12.1. The molecule has 126 valence electrons. The van der Waals surface area contributed by atoms with E-state index in [2.05, 4.69) is 41.5 Å². The van der Waals surface area contributed by atoms with E-state index in [0.29, 0.717) is 12.8 Å². The number of Topliss-reactive ketones (excluding diaryl/α,β-unsaturated/α-hetero) is 1. The van der Waals surface area contributed by atoms with Gasteiger partial charge in [-0.3, -0.25) is 4.79 Å². The number of carbonyl (C=O) groups is 1. The molecule has 5 heteroatoms. The van der Waals surface area contributed by atoms with Gasteiger partial charge in [-0.25, -0.2) is 0 Å². The van der Waals surface area contributed by atoms with E-state index in [1.807, 2.05) is 13.8 Å². The molecule has 22 heavy (non-hydrogen) atoms. The van der Waals surface area contributed by atoms with Crippen LogP contribution in [0.2, 0.25) is 10.1 Å². The highest BCUT2D eigenvalue weighted by Gasteiger charge is 2.75. The average Bonchev–Trinajstić information content (AvgIpc) is 2.72. The Morgan fingerprint density at radius 2 is 1.27 bits per heavy atom. The van der Waals surface area contributed by atoms with E-state index >= 15 is 0 Å². The van der Waals surface area contributed by atoms with Gasteiger partial charge in [-0.1, -0.05) is 41.5 Å². The summed E-state index contributed by atoms with van der Waals surface area (Å²) in [7, 11) is -2.50. The molecule has 0 spiro atoms. The topological polar surface area (TPSA) is 44.8 Å². The van der Waals surface area contributed by atoms with Crippen LogP contribution in [0.4, 0.5) is 0 Å². The van der Waals surface area contributed by atoms with E-state index in [9.17, 15) is 4.79 Å². The van der Waals surface area contributed by atoms with Crippen molar-refractivity contribution in [1.82, 2.24) is 0 Å². The van der Waals surface area contributed by atoms with Gasteiger partial charge >= 0.3 is 8.56 Å². The van der Waals surface area contributed by atoms with Gasteiger partial charge in [-0.05, 0) is 13.8 Å². The van der Waals surface area contributed by atoms with E-state index in [1.165, 1.54) is 0 Å².